The molecule has 1 fully saturated rings. The zero-order valence-electron chi connectivity index (χ0n) is 11.2. The highest BCUT2D eigenvalue weighted by molar-refractivity contribution is 7.98. The lowest BCUT2D eigenvalue weighted by molar-refractivity contribution is 0.617. The molecule has 2 unspecified atom stereocenters. The molecule has 2 rings (SSSR count). The maximum atomic E-state index is 5.47. The lowest BCUT2D eigenvalue weighted by Gasteiger charge is -2.29. The molecular weight excluding hydrogens is 246 g/mol. The molecule has 1 aromatic rings. The average Bonchev–Trinajstić information content (AvgIpc) is 2.79. The topological polar surface area (TPSA) is 67.1 Å². The van der Waals surface area contributed by atoms with Gasteiger partial charge in [-0.25, -0.2) is 15.8 Å². The molecule has 0 radical (unpaired) electrons. The second-order valence-electron chi connectivity index (χ2n) is 4.64. The van der Waals surface area contributed by atoms with Gasteiger partial charge in [0.15, 0.2) is 5.16 Å². The van der Waals surface area contributed by atoms with Crippen LogP contribution in [0.1, 0.15) is 33.1 Å². The van der Waals surface area contributed by atoms with E-state index in [0.717, 1.165) is 17.4 Å². The SMILES string of the molecule is CCC1CCC(C)N1c1cc(NN)nc(SC)n1. The predicted octanol–water partition coefficient (Wildman–Crippen LogP) is 2.25. The number of nitrogens with one attached hydrogen (secondary N) is 1. The van der Waals surface area contributed by atoms with Gasteiger partial charge < -0.3 is 10.3 Å². The van der Waals surface area contributed by atoms with Gasteiger partial charge in [0, 0.05) is 18.2 Å². The van der Waals surface area contributed by atoms with E-state index in [9.17, 15) is 0 Å². The minimum Gasteiger partial charge on any atom is -0.351 e. The van der Waals surface area contributed by atoms with Crippen molar-refractivity contribution < 1.29 is 0 Å². The van der Waals surface area contributed by atoms with Crippen molar-refractivity contribution in [2.75, 3.05) is 16.6 Å². The maximum absolute atomic E-state index is 5.47. The summed E-state index contributed by atoms with van der Waals surface area (Å²) in [6, 6.07) is 3.05. The van der Waals surface area contributed by atoms with Crippen molar-refractivity contribution in [2.24, 2.45) is 5.84 Å². The number of nitrogen functional groups attached to an aromatic ring is 1. The number of hydrogen-bond donors (Lipinski definition) is 2. The zero-order valence-corrected chi connectivity index (χ0v) is 12.0. The number of aromatic nitrogens is 2. The maximum Gasteiger partial charge on any atom is 0.191 e. The summed E-state index contributed by atoms with van der Waals surface area (Å²) in [6.45, 7) is 4.49. The van der Waals surface area contributed by atoms with Crippen molar-refractivity contribution in [3.05, 3.63) is 6.07 Å². The molecule has 3 N–H and O–H groups in total. The van der Waals surface area contributed by atoms with Crippen LogP contribution in [0.4, 0.5) is 11.6 Å². The Morgan fingerprint density at radius 3 is 2.89 bits per heavy atom. The summed E-state index contributed by atoms with van der Waals surface area (Å²) in [7, 11) is 0. The molecule has 1 aliphatic rings. The monoisotopic (exact) mass is 267 g/mol. The molecule has 0 aliphatic carbocycles. The molecule has 6 heteroatoms. The van der Waals surface area contributed by atoms with Crippen molar-refractivity contribution >= 4 is 23.4 Å². The highest BCUT2D eigenvalue weighted by Crippen LogP contribution is 2.32. The predicted molar refractivity (Wildman–Crippen MR) is 76.9 cm³/mol. The molecule has 0 amide bonds. The molecule has 0 bridgehead atoms. The average molecular weight is 267 g/mol. The minimum absolute atomic E-state index is 0.533. The van der Waals surface area contributed by atoms with Gasteiger partial charge in [0.25, 0.3) is 0 Å². The summed E-state index contributed by atoms with van der Waals surface area (Å²) in [5.41, 5.74) is 2.62. The van der Waals surface area contributed by atoms with Gasteiger partial charge in [0.2, 0.25) is 0 Å². The summed E-state index contributed by atoms with van der Waals surface area (Å²) in [4.78, 5) is 11.3. The lowest BCUT2D eigenvalue weighted by Crippen LogP contribution is -2.35. The van der Waals surface area contributed by atoms with Crippen LogP contribution in [0.2, 0.25) is 0 Å². The lowest BCUT2D eigenvalue weighted by atomic mass is 10.1. The number of anilines is 2. The van der Waals surface area contributed by atoms with Gasteiger partial charge in [-0.2, -0.15) is 0 Å². The largest absolute Gasteiger partial charge is 0.351 e. The van der Waals surface area contributed by atoms with Crippen LogP contribution in [0.3, 0.4) is 0 Å². The second kappa shape index (κ2) is 5.75. The molecule has 1 aromatic heterocycles. The van der Waals surface area contributed by atoms with Gasteiger partial charge in [-0.15, -0.1) is 0 Å². The van der Waals surface area contributed by atoms with Crippen molar-refractivity contribution in [3.8, 4) is 0 Å². The van der Waals surface area contributed by atoms with E-state index < -0.39 is 0 Å². The number of rotatable bonds is 4. The van der Waals surface area contributed by atoms with Crippen LogP contribution in [0.25, 0.3) is 0 Å². The Bertz CT molecular complexity index is 389. The van der Waals surface area contributed by atoms with Crippen molar-refractivity contribution in [3.63, 3.8) is 0 Å². The van der Waals surface area contributed by atoms with Gasteiger partial charge >= 0.3 is 0 Å². The van der Waals surface area contributed by atoms with Crippen LogP contribution in [-0.2, 0) is 0 Å². The molecular formula is C12H21N5S. The summed E-state index contributed by atoms with van der Waals surface area (Å²) in [5, 5.41) is 0.759. The quantitative estimate of drug-likeness (QED) is 0.377. The minimum atomic E-state index is 0.533. The Morgan fingerprint density at radius 1 is 1.50 bits per heavy atom. The zero-order chi connectivity index (χ0) is 13.1. The third kappa shape index (κ3) is 2.54. The smallest absolute Gasteiger partial charge is 0.191 e. The first-order valence-electron chi connectivity index (χ1n) is 6.37. The van der Waals surface area contributed by atoms with E-state index in [0.29, 0.717) is 17.9 Å². The van der Waals surface area contributed by atoms with Crippen LogP contribution >= 0.6 is 11.8 Å². The molecule has 1 aliphatic heterocycles. The van der Waals surface area contributed by atoms with E-state index in [1.807, 2.05) is 12.3 Å². The Hall–Kier alpha value is -1.01. The van der Waals surface area contributed by atoms with Crippen molar-refractivity contribution in [2.45, 2.75) is 50.4 Å². The van der Waals surface area contributed by atoms with E-state index in [-0.39, 0.29) is 0 Å². The molecule has 0 aromatic carbocycles. The standard InChI is InChI=1S/C12H21N5S/c1-4-9-6-5-8(2)17(9)11-7-10(16-13)14-12(15-11)18-3/h7-9H,4-6,13H2,1-3H3,(H,14,15,16). The van der Waals surface area contributed by atoms with Gasteiger partial charge in [-0.1, -0.05) is 18.7 Å². The Labute approximate surface area is 113 Å². The molecule has 0 saturated carbocycles. The van der Waals surface area contributed by atoms with Crippen LogP contribution in [0.5, 0.6) is 0 Å². The van der Waals surface area contributed by atoms with Crippen molar-refractivity contribution in [1.29, 1.82) is 0 Å². The summed E-state index contributed by atoms with van der Waals surface area (Å²) in [5.74, 6) is 7.14. The highest BCUT2D eigenvalue weighted by atomic mass is 32.2. The Kier molecular flexibility index (Phi) is 4.29. The van der Waals surface area contributed by atoms with Crippen LogP contribution in [0, 0.1) is 0 Å². The Balaban J connectivity index is 2.36. The summed E-state index contributed by atoms with van der Waals surface area (Å²) < 4.78 is 0. The molecule has 1 saturated heterocycles. The third-order valence-electron chi connectivity index (χ3n) is 3.54. The van der Waals surface area contributed by atoms with Gasteiger partial charge in [0.05, 0.1) is 0 Å². The van der Waals surface area contributed by atoms with Gasteiger partial charge in [-0.05, 0) is 32.4 Å². The highest BCUT2D eigenvalue weighted by Gasteiger charge is 2.30. The number of nitrogens with zero attached hydrogens (tertiary/aromatic N) is 3. The third-order valence-corrected chi connectivity index (χ3v) is 4.09. The van der Waals surface area contributed by atoms with Gasteiger partial charge in [-0.3, -0.25) is 0 Å². The van der Waals surface area contributed by atoms with Gasteiger partial charge in [0.1, 0.15) is 11.6 Å². The van der Waals surface area contributed by atoms with E-state index in [1.165, 1.54) is 24.6 Å². The molecule has 18 heavy (non-hydrogen) atoms. The number of nitrogens with two attached hydrogens (primary N) is 1. The molecule has 2 atom stereocenters. The molecule has 100 valence electrons. The normalized spacial score (nSPS) is 23.4. The Morgan fingerprint density at radius 2 is 2.28 bits per heavy atom. The first-order valence-corrected chi connectivity index (χ1v) is 7.60. The molecule has 2 heterocycles. The van der Waals surface area contributed by atoms with E-state index in [4.69, 9.17) is 5.84 Å². The summed E-state index contributed by atoms with van der Waals surface area (Å²) >= 11 is 1.54. The van der Waals surface area contributed by atoms with E-state index >= 15 is 0 Å². The van der Waals surface area contributed by atoms with Crippen molar-refractivity contribution in [1.82, 2.24) is 9.97 Å². The fraction of sp³-hybridized carbons (Fsp3) is 0.667. The number of thioether (sulfide) groups is 1. The second-order valence-corrected chi connectivity index (χ2v) is 5.41. The summed E-state index contributed by atoms with van der Waals surface area (Å²) in [6.07, 6.45) is 5.59. The van der Waals surface area contributed by atoms with E-state index in [1.54, 1.807) is 0 Å². The number of hydrogen-bond acceptors (Lipinski definition) is 6. The molecule has 0 spiro atoms. The van der Waals surface area contributed by atoms with Crippen LogP contribution < -0.4 is 16.2 Å². The first kappa shape index (κ1) is 13.4. The van der Waals surface area contributed by atoms with Crippen LogP contribution in [-0.4, -0.2) is 28.3 Å². The van der Waals surface area contributed by atoms with E-state index in [2.05, 4.69) is 34.1 Å². The fourth-order valence-corrected chi connectivity index (χ4v) is 2.97. The fourth-order valence-electron chi connectivity index (χ4n) is 2.60. The number of hydrazine groups is 1. The molecule has 5 nitrogen and oxygen atoms in total. The first-order chi connectivity index (χ1) is 8.69. The van der Waals surface area contributed by atoms with Crippen LogP contribution in [0.15, 0.2) is 11.2 Å².